The predicted molar refractivity (Wildman–Crippen MR) is 104 cm³/mol. The summed E-state index contributed by atoms with van der Waals surface area (Å²) in [4.78, 5) is 4.60. The Morgan fingerprint density at radius 2 is 1.75 bits per heavy atom. The normalized spacial score (nSPS) is 19.2. The molecule has 4 rings (SSSR count). The molecule has 0 atom stereocenters. The topological polar surface area (TPSA) is 108 Å². The summed E-state index contributed by atoms with van der Waals surface area (Å²) in [7, 11) is -3.56. The summed E-state index contributed by atoms with van der Waals surface area (Å²) < 4.78 is 32.9. The molecule has 2 fully saturated rings. The zero-order valence-electron chi connectivity index (χ0n) is 16.1. The van der Waals surface area contributed by atoms with Crippen LogP contribution in [0.15, 0.2) is 17.2 Å². The third-order valence-corrected chi connectivity index (χ3v) is 7.39. The lowest BCUT2D eigenvalue weighted by Crippen LogP contribution is -2.49. The van der Waals surface area contributed by atoms with Crippen LogP contribution in [-0.2, 0) is 14.8 Å². The Balaban J connectivity index is 1.46. The number of hydrogen-bond donors (Lipinski definition) is 1. The molecule has 4 heterocycles. The van der Waals surface area contributed by atoms with E-state index in [9.17, 15) is 8.42 Å². The minimum atomic E-state index is -3.56. The van der Waals surface area contributed by atoms with Gasteiger partial charge in [0.25, 0.3) is 0 Å². The van der Waals surface area contributed by atoms with Gasteiger partial charge < -0.3 is 14.5 Å². The number of aryl methyl sites for hydroxylation is 2. The van der Waals surface area contributed by atoms with Crippen molar-refractivity contribution in [1.82, 2.24) is 24.7 Å². The van der Waals surface area contributed by atoms with Gasteiger partial charge in [-0.2, -0.15) is 14.5 Å². The molecule has 2 aliphatic heterocycles. The number of anilines is 2. The van der Waals surface area contributed by atoms with Crippen LogP contribution >= 0.6 is 0 Å². The van der Waals surface area contributed by atoms with Gasteiger partial charge in [0.15, 0.2) is 5.82 Å². The van der Waals surface area contributed by atoms with Crippen LogP contribution in [0.25, 0.3) is 0 Å². The van der Waals surface area contributed by atoms with Gasteiger partial charge in [0, 0.05) is 45.3 Å². The molecule has 0 bridgehead atoms. The summed E-state index contributed by atoms with van der Waals surface area (Å²) in [6, 6.07) is 2.02. The van der Waals surface area contributed by atoms with Crippen LogP contribution in [-0.4, -0.2) is 85.6 Å². The molecule has 2 aromatic rings. The fraction of sp³-hybridized carbons (Fsp3) is 0.588. The highest BCUT2D eigenvalue weighted by molar-refractivity contribution is 7.89. The fourth-order valence-corrected chi connectivity index (χ4v) is 5.46. The summed E-state index contributed by atoms with van der Waals surface area (Å²) in [5.41, 5.74) is 2.10. The van der Waals surface area contributed by atoms with Crippen molar-refractivity contribution < 1.29 is 13.2 Å². The van der Waals surface area contributed by atoms with E-state index >= 15 is 0 Å². The molecule has 11 heteroatoms. The predicted octanol–water partition coefficient (Wildman–Crippen LogP) is 0.164. The van der Waals surface area contributed by atoms with E-state index in [1.807, 2.05) is 6.07 Å². The largest absolute Gasteiger partial charge is 0.378 e. The van der Waals surface area contributed by atoms with E-state index in [0.29, 0.717) is 50.8 Å². The molecule has 0 amide bonds. The molecule has 2 saturated heterocycles. The minimum absolute atomic E-state index is 0.287. The molecule has 2 aliphatic rings. The average Bonchev–Trinajstić information content (AvgIpc) is 3.08. The van der Waals surface area contributed by atoms with Crippen LogP contribution in [0.2, 0.25) is 0 Å². The number of ether oxygens (including phenoxy) is 1. The van der Waals surface area contributed by atoms with Gasteiger partial charge in [0.1, 0.15) is 4.90 Å². The monoisotopic (exact) mass is 407 g/mol. The van der Waals surface area contributed by atoms with Gasteiger partial charge >= 0.3 is 0 Å². The van der Waals surface area contributed by atoms with E-state index in [1.54, 1.807) is 20.0 Å². The number of morpholine rings is 1. The Hall–Kier alpha value is -2.24. The van der Waals surface area contributed by atoms with E-state index in [0.717, 1.165) is 24.6 Å². The quantitative estimate of drug-likeness (QED) is 0.764. The van der Waals surface area contributed by atoms with Gasteiger partial charge in [0.2, 0.25) is 10.0 Å². The van der Waals surface area contributed by atoms with Crippen molar-refractivity contribution in [2.75, 3.05) is 62.3 Å². The molecule has 0 aromatic carbocycles. The first-order chi connectivity index (χ1) is 13.5. The molecule has 10 nitrogen and oxygen atoms in total. The van der Waals surface area contributed by atoms with Crippen LogP contribution in [0.1, 0.15) is 11.4 Å². The highest BCUT2D eigenvalue weighted by atomic mass is 32.2. The third-order valence-electron chi connectivity index (χ3n) is 5.22. The molecular formula is C17H25N7O3S. The molecule has 0 spiro atoms. The van der Waals surface area contributed by atoms with Gasteiger partial charge in [-0.05, 0) is 13.8 Å². The highest BCUT2D eigenvalue weighted by Crippen LogP contribution is 2.25. The fourth-order valence-electron chi connectivity index (χ4n) is 3.70. The molecule has 0 aliphatic carbocycles. The summed E-state index contributed by atoms with van der Waals surface area (Å²) in [5.74, 6) is 0.775. The number of nitrogens with one attached hydrogen (secondary N) is 1. The number of hydrogen-bond acceptors (Lipinski definition) is 8. The molecular weight excluding hydrogens is 382 g/mol. The molecule has 2 aromatic heterocycles. The first-order valence-electron chi connectivity index (χ1n) is 9.39. The maximum Gasteiger partial charge on any atom is 0.246 e. The summed E-state index contributed by atoms with van der Waals surface area (Å²) in [5, 5.41) is 15.2. The van der Waals surface area contributed by atoms with E-state index < -0.39 is 10.0 Å². The van der Waals surface area contributed by atoms with Gasteiger partial charge in [-0.3, -0.25) is 5.10 Å². The number of piperazine rings is 1. The van der Waals surface area contributed by atoms with Crippen molar-refractivity contribution in [1.29, 1.82) is 0 Å². The lowest BCUT2D eigenvalue weighted by Gasteiger charge is -2.35. The Bertz CT molecular complexity index is 912. The Morgan fingerprint density at radius 1 is 1.04 bits per heavy atom. The maximum absolute atomic E-state index is 13.0. The van der Waals surface area contributed by atoms with E-state index in [2.05, 4.69) is 30.2 Å². The molecule has 28 heavy (non-hydrogen) atoms. The van der Waals surface area contributed by atoms with Gasteiger partial charge in [-0.25, -0.2) is 8.42 Å². The highest BCUT2D eigenvalue weighted by Gasteiger charge is 2.32. The van der Waals surface area contributed by atoms with Crippen LogP contribution in [0.3, 0.4) is 0 Å². The third kappa shape index (κ3) is 3.56. The standard InChI is InChI=1S/C17H25N7O3S/c1-13-17(14(2)20-19-13)28(25,26)24-5-3-23(4-6-24)16-11-15(12-18-21-16)22-7-9-27-10-8-22/h11-12H,3-10H2,1-2H3,(H,19,20). The zero-order chi connectivity index (χ0) is 19.7. The number of H-pyrrole nitrogens is 1. The molecule has 0 saturated carbocycles. The van der Waals surface area contributed by atoms with E-state index in [1.165, 1.54) is 4.31 Å². The Kier molecular flexibility index (Phi) is 5.21. The van der Waals surface area contributed by atoms with Crippen molar-refractivity contribution >= 4 is 21.5 Å². The van der Waals surface area contributed by atoms with Crippen LogP contribution in [0, 0.1) is 13.8 Å². The second-order valence-corrected chi connectivity index (χ2v) is 8.90. The van der Waals surface area contributed by atoms with Gasteiger partial charge in [-0.1, -0.05) is 0 Å². The maximum atomic E-state index is 13.0. The van der Waals surface area contributed by atoms with Crippen LogP contribution in [0.4, 0.5) is 11.5 Å². The van der Waals surface area contributed by atoms with Crippen molar-refractivity contribution in [3.63, 3.8) is 0 Å². The van der Waals surface area contributed by atoms with Gasteiger partial charge in [0.05, 0.1) is 36.5 Å². The van der Waals surface area contributed by atoms with Crippen LogP contribution < -0.4 is 9.80 Å². The second kappa shape index (κ2) is 7.64. The van der Waals surface area contributed by atoms with E-state index in [-0.39, 0.29) is 4.90 Å². The van der Waals surface area contributed by atoms with Gasteiger partial charge in [-0.15, -0.1) is 5.10 Å². The number of nitrogens with zero attached hydrogens (tertiary/aromatic N) is 6. The first-order valence-corrected chi connectivity index (χ1v) is 10.8. The lowest BCUT2D eigenvalue weighted by atomic mass is 10.3. The average molecular weight is 408 g/mol. The minimum Gasteiger partial charge on any atom is -0.378 e. The van der Waals surface area contributed by atoms with Crippen molar-refractivity contribution in [3.8, 4) is 0 Å². The molecule has 0 radical (unpaired) electrons. The van der Waals surface area contributed by atoms with Crippen molar-refractivity contribution in [2.24, 2.45) is 0 Å². The summed E-state index contributed by atoms with van der Waals surface area (Å²) >= 11 is 0. The number of sulfonamides is 1. The second-order valence-electron chi connectivity index (χ2n) is 7.03. The number of rotatable bonds is 4. The van der Waals surface area contributed by atoms with Crippen molar-refractivity contribution in [2.45, 2.75) is 18.7 Å². The van der Waals surface area contributed by atoms with Crippen molar-refractivity contribution in [3.05, 3.63) is 23.7 Å². The van der Waals surface area contributed by atoms with E-state index in [4.69, 9.17) is 4.74 Å². The molecule has 1 N–H and O–H groups in total. The number of aromatic amines is 1. The summed E-state index contributed by atoms with van der Waals surface area (Å²) in [6.07, 6.45) is 1.76. The van der Waals surface area contributed by atoms with Crippen LogP contribution in [0.5, 0.6) is 0 Å². The summed E-state index contributed by atoms with van der Waals surface area (Å²) in [6.45, 7) is 8.46. The smallest absolute Gasteiger partial charge is 0.246 e. The molecule has 152 valence electrons. The Labute approximate surface area is 164 Å². The Morgan fingerprint density at radius 3 is 2.39 bits per heavy atom. The molecule has 0 unspecified atom stereocenters. The first kappa shape index (κ1) is 19.1. The number of aromatic nitrogens is 4. The SMILES string of the molecule is Cc1n[nH]c(C)c1S(=O)(=O)N1CCN(c2cc(N3CCOCC3)cnn2)CC1. The zero-order valence-corrected chi connectivity index (χ0v) is 16.9. The lowest BCUT2D eigenvalue weighted by molar-refractivity contribution is 0.122.